The van der Waals surface area contributed by atoms with Gasteiger partial charge in [0.05, 0.1) is 0 Å². The van der Waals surface area contributed by atoms with Crippen LogP contribution in [0.5, 0.6) is 0 Å². The molecule has 0 aromatic carbocycles. The van der Waals surface area contributed by atoms with Gasteiger partial charge >= 0.3 is 0 Å². The Hall–Kier alpha value is -1.07. The molecule has 1 heterocycles. The SMILES string of the molecule is CC(C)N(CC/C(N)=N/O)Cc1cccs1. The Balaban J connectivity index is 2.48. The van der Waals surface area contributed by atoms with Gasteiger partial charge in [0.15, 0.2) is 0 Å². The van der Waals surface area contributed by atoms with Crippen LogP contribution in [0.3, 0.4) is 0 Å². The number of rotatable bonds is 6. The molecule has 0 saturated heterocycles. The maximum Gasteiger partial charge on any atom is 0.140 e. The monoisotopic (exact) mass is 241 g/mol. The molecule has 4 nitrogen and oxygen atoms in total. The predicted molar refractivity (Wildman–Crippen MR) is 67.9 cm³/mol. The molecular weight excluding hydrogens is 222 g/mol. The van der Waals surface area contributed by atoms with Crippen LogP contribution in [0.15, 0.2) is 22.7 Å². The fourth-order valence-electron chi connectivity index (χ4n) is 1.43. The molecule has 0 aliphatic heterocycles. The fraction of sp³-hybridized carbons (Fsp3) is 0.545. The van der Waals surface area contributed by atoms with Gasteiger partial charge in [-0.25, -0.2) is 0 Å². The molecule has 0 spiro atoms. The van der Waals surface area contributed by atoms with E-state index in [0.717, 1.165) is 13.1 Å². The minimum atomic E-state index is 0.289. The zero-order chi connectivity index (χ0) is 12.0. The lowest BCUT2D eigenvalue weighted by Gasteiger charge is -2.25. The van der Waals surface area contributed by atoms with E-state index in [4.69, 9.17) is 10.9 Å². The molecule has 5 heteroatoms. The van der Waals surface area contributed by atoms with Crippen LogP contribution < -0.4 is 5.73 Å². The summed E-state index contributed by atoms with van der Waals surface area (Å²) >= 11 is 1.76. The van der Waals surface area contributed by atoms with Crippen LogP contribution in [0.4, 0.5) is 0 Å². The molecule has 0 bridgehead atoms. The lowest BCUT2D eigenvalue weighted by atomic mass is 10.2. The molecule has 0 saturated carbocycles. The number of nitrogens with two attached hydrogens (primary N) is 1. The molecule has 0 aliphatic carbocycles. The summed E-state index contributed by atoms with van der Waals surface area (Å²) in [6, 6.07) is 4.64. The number of nitrogens with zero attached hydrogens (tertiary/aromatic N) is 2. The van der Waals surface area contributed by atoms with E-state index in [-0.39, 0.29) is 5.84 Å². The van der Waals surface area contributed by atoms with E-state index in [1.807, 2.05) is 0 Å². The van der Waals surface area contributed by atoms with Gasteiger partial charge in [-0.15, -0.1) is 11.3 Å². The quantitative estimate of drug-likeness (QED) is 0.347. The molecule has 0 amide bonds. The van der Waals surface area contributed by atoms with Crippen molar-refractivity contribution in [3.8, 4) is 0 Å². The van der Waals surface area contributed by atoms with Crippen molar-refractivity contribution in [2.75, 3.05) is 6.54 Å². The number of oxime groups is 1. The highest BCUT2D eigenvalue weighted by molar-refractivity contribution is 7.09. The van der Waals surface area contributed by atoms with Crippen LogP contribution >= 0.6 is 11.3 Å². The number of amidine groups is 1. The first-order valence-electron chi connectivity index (χ1n) is 5.36. The van der Waals surface area contributed by atoms with Gasteiger partial charge in [-0.3, -0.25) is 4.90 Å². The van der Waals surface area contributed by atoms with Crippen molar-refractivity contribution in [1.29, 1.82) is 0 Å². The number of hydrogen-bond donors (Lipinski definition) is 2. The van der Waals surface area contributed by atoms with Gasteiger partial charge in [-0.05, 0) is 25.3 Å². The molecule has 0 unspecified atom stereocenters. The van der Waals surface area contributed by atoms with Gasteiger partial charge in [0.1, 0.15) is 5.84 Å². The van der Waals surface area contributed by atoms with E-state index in [2.05, 4.69) is 41.4 Å². The Morgan fingerprint density at radius 2 is 2.38 bits per heavy atom. The van der Waals surface area contributed by atoms with Gasteiger partial charge in [-0.2, -0.15) is 0 Å². The Labute approximate surface area is 100 Å². The van der Waals surface area contributed by atoms with E-state index in [1.54, 1.807) is 11.3 Å². The topological polar surface area (TPSA) is 61.8 Å². The van der Waals surface area contributed by atoms with Crippen molar-refractivity contribution in [1.82, 2.24) is 4.90 Å². The summed E-state index contributed by atoms with van der Waals surface area (Å²) in [6.45, 7) is 6.04. The Morgan fingerprint density at radius 1 is 1.62 bits per heavy atom. The molecule has 1 rings (SSSR count). The molecule has 0 fully saturated rings. The highest BCUT2D eigenvalue weighted by Crippen LogP contribution is 2.14. The largest absolute Gasteiger partial charge is 0.409 e. The van der Waals surface area contributed by atoms with Crippen molar-refractivity contribution in [3.05, 3.63) is 22.4 Å². The Bertz CT molecular complexity index is 322. The van der Waals surface area contributed by atoms with Crippen molar-refractivity contribution in [3.63, 3.8) is 0 Å². The van der Waals surface area contributed by atoms with Crippen LogP contribution in [0, 0.1) is 0 Å². The van der Waals surface area contributed by atoms with Crippen molar-refractivity contribution in [2.45, 2.75) is 32.9 Å². The van der Waals surface area contributed by atoms with Crippen molar-refractivity contribution < 1.29 is 5.21 Å². The summed E-state index contributed by atoms with van der Waals surface area (Å²) in [5.41, 5.74) is 5.47. The van der Waals surface area contributed by atoms with Crippen LogP contribution in [0.1, 0.15) is 25.1 Å². The van der Waals surface area contributed by atoms with E-state index in [1.165, 1.54) is 4.88 Å². The first-order valence-corrected chi connectivity index (χ1v) is 6.24. The fourth-order valence-corrected chi connectivity index (χ4v) is 2.16. The third-order valence-electron chi connectivity index (χ3n) is 2.45. The first-order chi connectivity index (χ1) is 7.63. The molecule has 16 heavy (non-hydrogen) atoms. The summed E-state index contributed by atoms with van der Waals surface area (Å²) in [7, 11) is 0. The zero-order valence-corrected chi connectivity index (χ0v) is 10.6. The standard InChI is InChI=1S/C11H19N3OS/c1-9(2)14(6-5-11(12)13-15)8-10-4-3-7-16-10/h3-4,7,9,15H,5-6,8H2,1-2H3,(H2,12,13). The molecular formula is C11H19N3OS. The lowest BCUT2D eigenvalue weighted by molar-refractivity contribution is 0.219. The number of thiophene rings is 1. The van der Waals surface area contributed by atoms with Crippen LogP contribution in [0.25, 0.3) is 0 Å². The minimum absolute atomic E-state index is 0.289. The minimum Gasteiger partial charge on any atom is -0.409 e. The van der Waals surface area contributed by atoms with Crippen LogP contribution in [-0.4, -0.2) is 28.5 Å². The Morgan fingerprint density at radius 3 is 2.88 bits per heavy atom. The summed E-state index contributed by atoms with van der Waals surface area (Å²) in [5.74, 6) is 0.289. The zero-order valence-electron chi connectivity index (χ0n) is 9.76. The maximum atomic E-state index is 8.49. The van der Waals surface area contributed by atoms with Crippen LogP contribution in [-0.2, 0) is 6.54 Å². The predicted octanol–water partition coefficient (Wildman–Crippen LogP) is 2.09. The third-order valence-corrected chi connectivity index (χ3v) is 3.31. The summed E-state index contributed by atoms with van der Waals surface area (Å²) in [5, 5.41) is 13.6. The highest BCUT2D eigenvalue weighted by Gasteiger charge is 2.11. The molecule has 0 atom stereocenters. The van der Waals surface area contributed by atoms with Crippen LogP contribution in [0.2, 0.25) is 0 Å². The second kappa shape index (κ2) is 6.50. The molecule has 0 aliphatic rings. The van der Waals surface area contributed by atoms with Gasteiger partial charge in [-0.1, -0.05) is 11.2 Å². The summed E-state index contributed by atoms with van der Waals surface area (Å²) in [6.07, 6.45) is 0.597. The average Bonchev–Trinajstić information content (AvgIpc) is 2.75. The Kier molecular flexibility index (Phi) is 5.28. The highest BCUT2D eigenvalue weighted by atomic mass is 32.1. The maximum absolute atomic E-state index is 8.49. The molecule has 90 valence electrons. The summed E-state index contributed by atoms with van der Waals surface area (Å²) < 4.78 is 0. The molecule has 0 radical (unpaired) electrons. The van der Waals surface area contributed by atoms with Gasteiger partial charge in [0.2, 0.25) is 0 Å². The van der Waals surface area contributed by atoms with Gasteiger partial charge in [0.25, 0.3) is 0 Å². The van der Waals surface area contributed by atoms with E-state index in [0.29, 0.717) is 12.5 Å². The van der Waals surface area contributed by atoms with E-state index < -0.39 is 0 Å². The first kappa shape index (κ1) is 13.0. The van der Waals surface area contributed by atoms with Crippen molar-refractivity contribution in [2.24, 2.45) is 10.9 Å². The smallest absolute Gasteiger partial charge is 0.140 e. The summed E-state index contributed by atoms with van der Waals surface area (Å²) in [4.78, 5) is 3.65. The normalized spacial score (nSPS) is 12.6. The van der Waals surface area contributed by atoms with Gasteiger partial charge in [0, 0.05) is 30.4 Å². The lowest BCUT2D eigenvalue weighted by Crippen LogP contribution is -2.33. The molecule has 1 aromatic rings. The molecule has 1 aromatic heterocycles. The second-order valence-electron chi connectivity index (χ2n) is 3.98. The third kappa shape index (κ3) is 4.20. The van der Waals surface area contributed by atoms with Crippen molar-refractivity contribution >= 4 is 17.2 Å². The number of hydrogen-bond acceptors (Lipinski definition) is 4. The average molecular weight is 241 g/mol. The van der Waals surface area contributed by atoms with E-state index >= 15 is 0 Å². The second-order valence-corrected chi connectivity index (χ2v) is 5.02. The van der Waals surface area contributed by atoms with E-state index in [9.17, 15) is 0 Å². The molecule has 3 N–H and O–H groups in total. The van der Waals surface area contributed by atoms with Gasteiger partial charge < -0.3 is 10.9 Å².